The van der Waals surface area contributed by atoms with E-state index in [9.17, 15) is 8.42 Å². The van der Waals surface area contributed by atoms with Gasteiger partial charge in [0.15, 0.2) is 9.84 Å². The highest BCUT2D eigenvalue weighted by Crippen LogP contribution is 2.48. The minimum absolute atomic E-state index is 0.129. The van der Waals surface area contributed by atoms with E-state index in [0.717, 1.165) is 82.1 Å². The van der Waals surface area contributed by atoms with Crippen LogP contribution in [-0.4, -0.2) is 8.42 Å². The smallest absolute Gasteiger partial charge is 0.182 e. The van der Waals surface area contributed by atoms with E-state index in [4.69, 9.17) is 0 Å². The maximum atomic E-state index is 14.3. The second kappa shape index (κ2) is 12.2. The van der Waals surface area contributed by atoms with Gasteiger partial charge in [-0.05, 0) is 101 Å². The van der Waals surface area contributed by atoms with Crippen LogP contribution in [-0.2, 0) is 15.6 Å². The standard InChI is InChI=1S/C44H33O2PS/c1-29-40(28-48(45,46)33-20-3-2-4-21-33)41(37-25-11-17-30-14-5-8-22-34(30)37)42(38-26-12-18-31-15-6-9-23-35(31)38)43(44(29)47)39-27-13-19-32-16-7-10-24-36(32)39/h2-27H,28,47H2,1H3. The molecule has 0 heterocycles. The molecule has 0 saturated carbocycles. The van der Waals surface area contributed by atoms with Crippen molar-refractivity contribution in [3.05, 3.63) is 169 Å². The molecule has 0 aliphatic rings. The number of hydrogen-bond donors (Lipinski definition) is 0. The van der Waals surface area contributed by atoms with Crippen LogP contribution in [0.5, 0.6) is 0 Å². The van der Waals surface area contributed by atoms with Gasteiger partial charge in [-0.25, -0.2) is 8.42 Å². The van der Waals surface area contributed by atoms with Gasteiger partial charge in [0.2, 0.25) is 0 Å². The summed E-state index contributed by atoms with van der Waals surface area (Å²) < 4.78 is 28.6. The van der Waals surface area contributed by atoms with E-state index in [1.807, 2.05) is 6.07 Å². The molecule has 0 amide bonds. The Kier molecular flexibility index (Phi) is 7.68. The molecule has 0 radical (unpaired) electrons. The summed E-state index contributed by atoms with van der Waals surface area (Å²) >= 11 is 0. The van der Waals surface area contributed by atoms with Crippen LogP contribution in [0.25, 0.3) is 65.7 Å². The van der Waals surface area contributed by atoms with Crippen LogP contribution in [0.2, 0.25) is 0 Å². The number of benzene rings is 8. The minimum Gasteiger partial charge on any atom is -0.223 e. The Morgan fingerprint density at radius 1 is 0.458 bits per heavy atom. The number of hydrogen-bond acceptors (Lipinski definition) is 2. The predicted molar refractivity (Wildman–Crippen MR) is 207 cm³/mol. The van der Waals surface area contributed by atoms with Crippen LogP contribution in [0, 0.1) is 6.92 Å². The average Bonchev–Trinajstić information content (AvgIpc) is 3.13. The summed E-state index contributed by atoms with van der Waals surface area (Å²) in [6.45, 7) is 2.08. The Bertz CT molecular complexity index is 2610. The first-order valence-electron chi connectivity index (χ1n) is 16.1. The molecule has 1 unspecified atom stereocenters. The van der Waals surface area contributed by atoms with Crippen molar-refractivity contribution in [2.24, 2.45) is 0 Å². The molecule has 8 aromatic rings. The Morgan fingerprint density at radius 2 is 0.854 bits per heavy atom. The molecule has 0 bridgehead atoms. The molecular formula is C44H33O2PS. The fourth-order valence-corrected chi connectivity index (χ4v) is 9.16. The predicted octanol–water partition coefficient (Wildman–Crippen LogP) is 10.9. The van der Waals surface area contributed by atoms with Gasteiger partial charge in [0.1, 0.15) is 0 Å². The molecule has 0 aliphatic heterocycles. The average molecular weight is 657 g/mol. The monoisotopic (exact) mass is 656 g/mol. The van der Waals surface area contributed by atoms with Gasteiger partial charge >= 0.3 is 0 Å². The zero-order valence-electron chi connectivity index (χ0n) is 26.5. The van der Waals surface area contributed by atoms with Gasteiger partial charge in [0, 0.05) is 0 Å². The van der Waals surface area contributed by atoms with Gasteiger partial charge in [0.25, 0.3) is 0 Å². The van der Waals surface area contributed by atoms with Crippen molar-refractivity contribution in [2.75, 3.05) is 0 Å². The van der Waals surface area contributed by atoms with E-state index in [1.54, 1.807) is 24.3 Å². The highest BCUT2D eigenvalue weighted by Gasteiger charge is 2.29. The summed E-state index contributed by atoms with van der Waals surface area (Å²) in [5.41, 5.74) is 8.05. The van der Waals surface area contributed by atoms with Crippen molar-refractivity contribution < 1.29 is 8.42 Å². The lowest BCUT2D eigenvalue weighted by Gasteiger charge is -2.27. The molecule has 0 N–H and O–H groups in total. The normalized spacial score (nSPS) is 11.8. The molecule has 0 aromatic heterocycles. The van der Waals surface area contributed by atoms with Crippen molar-refractivity contribution in [3.8, 4) is 33.4 Å². The zero-order chi connectivity index (χ0) is 32.8. The second-order valence-corrected chi connectivity index (χ2v) is 14.9. The molecule has 232 valence electrons. The van der Waals surface area contributed by atoms with Crippen LogP contribution in [0.1, 0.15) is 11.1 Å². The molecule has 0 spiro atoms. The van der Waals surface area contributed by atoms with Crippen LogP contribution in [0.3, 0.4) is 0 Å². The maximum Gasteiger partial charge on any atom is 0.182 e. The van der Waals surface area contributed by atoms with Crippen molar-refractivity contribution in [2.45, 2.75) is 17.6 Å². The van der Waals surface area contributed by atoms with E-state index < -0.39 is 9.84 Å². The van der Waals surface area contributed by atoms with E-state index in [-0.39, 0.29) is 5.75 Å². The Labute approximate surface area is 283 Å². The molecule has 4 heteroatoms. The lowest BCUT2D eigenvalue weighted by molar-refractivity contribution is 0.595. The van der Waals surface area contributed by atoms with E-state index in [1.165, 1.54) is 0 Å². The van der Waals surface area contributed by atoms with Crippen molar-refractivity contribution in [1.82, 2.24) is 0 Å². The van der Waals surface area contributed by atoms with Crippen LogP contribution in [0.15, 0.2) is 163 Å². The van der Waals surface area contributed by atoms with E-state index >= 15 is 0 Å². The number of sulfone groups is 1. The summed E-state index contributed by atoms with van der Waals surface area (Å²) in [7, 11) is -0.681. The van der Waals surface area contributed by atoms with Gasteiger partial charge < -0.3 is 0 Å². The van der Waals surface area contributed by atoms with Gasteiger partial charge in [-0.1, -0.05) is 146 Å². The molecule has 0 saturated heterocycles. The molecule has 1 atom stereocenters. The Hall–Kier alpha value is -5.08. The fourth-order valence-electron chi connectivity index (χ4n) is 7.21. The van der Waals surface area contributed by atoms with Crippen LogP contribution >= 0.6 is 9.24 Å². The number of rotatable bonds is 6. The lowest BCUT2D eigenvalue weighted by atomic mass is 9.80. The van der Waals surface area contributed by atoms with E-state index in [2.05, 4.69) is 144 Å². The summed E-state index contributed by atoms with van der Waals surface area (Å²) in [4.78, 5) is 0.323. The van der Waals surface area contributed by atoms with Crippen molar-refractivity contribution in [3.63, 3.8) is 0 Å². The Morgan fingerprint density at radius 3 is 1.35 bits per heavy atom. The zero-order valence-corrected chi connectivity index (χ0v) is 28.5. The topological polar surface area (TPSA) is 34.1 Å². The summed E-state index contributed by atoms with van der Waals surface area (Å²) in [6, 6.07) is 53.4. The second-order valence-electron chi connectivity index (χ2n) is 12.3. The highest BCUT2D eigenvalue weighted by atomic mass is 32.2. The third-order valence-corrected chi connectivity index (χ3v) is 11.9. The van der Waals surface area contributed by atoms with Gasteiger partial charge in [-0.15, -0.1) is 9.24 Å². The molecule has 8 rings (SSSR count). The highest BCUT2D eigenvalue weighted by molar-refractivity contribution is 7.90. The third-order valence-electron chi connectivity index (χ3n) is 9.54. The summed E-state index contributed by atoms with van der Waals surface area (Å²) in [5, 5.41) is 7.74. The van der Waals surface area contributed by atoms with Gasteiger partial charge in [0.05, 0.1) is 10.6 Å². The fraction of sp³-hybridized carbons (Fsp3) is 0.0455. The SMILES string of the molecule is Cc1c(P)c(-c2cccc3ccccc23)c(-c2cccc3ccccc23)c(-c2cccc3ccccc23)c1CS(=O)(=O)c1ccccc1. The first kappa shape index (κ1) is 30.3. The van der Waals surface area contributed by atoms with Crippen LogP contribution in [0.4, 0.5) is 0 Å². The molecule has 0 fully saturated rings. The summed E-state index contributed by atoms with van der Waals surface area (Å²) in [6.07, 6.45) is 0. The van der Waals surface area contributed by atoms with Crippen molar-refractivity contribution in [1.29, 1.82) is 0 Å². The minimum atomic E-state index is -3.70. The van der Waals surface area contributed by atoms with E-state index in [0.29, 0.717) is 4.90 Å². The molecule has 8 aromatic carbocycles. The molecular weight excluding hydrogens is 624 g/mol. The first-order valence-corrected chi connectivity index (χ1v) is 18.3. The largest absolute Gasteiger partial charge is 0.223 e. The summed E-state index contributed by atoms with van der Waals surface area (Å²) in [5.74, 6) is -0.129. The third kappa shape index (κ3) is 5.11. The molecule has 2 nitrogen and oxygen atoms in total. The number of fused-ring (bicyclic) bond motifs is 3. The van der Waals surface area contributed by atoms with Gasteiger partial charge in [-0.2, -0.15) is 0 Å². The first-order chi connectivity index (χ1) is 23.4. The molecule has 48 heavy (non-hydrogen) atoms. The van der Waals surface area contributed by atoms with Gasteiger partial charge in [-0.3, -0.25) is 0 Å². The lowest BCUT2D eigenvalue weighted by Crippen LogP contribution is -2.15. The molecule has 0 aliphatic carbocycles. The van der Waals surface area contributed by atoms with Crippen molar-refractivity contribution >= 4 is 56.7 Å². The Balaban J connectivity index is 1.60. The maximum absolute atomic E-state index is 14.3. The quantitative estimate of drug-likeness (QED) is 0.167. The van der Waals surface area contributed by atoms with Crippen LogP contribution < -0.4 is 5.30 Å².